The predicted molar refractivity (Wildman–Crippen MR) is 83.2 cm³/mol. The van der Waals surface area contributed by atoms with Crippen molar-refractivity contribution in [3.63, 3.8) is 0 Å². The summed E-state index contributed by atoms with van der Waals surface area (Å²) in [6.45, 7) is 0. The minimum atomic E-state index is -0.613. The summed E-state index contributed by atoms with van der Waals surface area (Å²) >= 11 is 0. The van der Waals surface area contributed by atoms with Gasteiger partial charge in [0.2, 0.25) is 0 Å². The second-order valence-corrected chi connectivity index (χ2v) is 5.82. The summed E-state index contributed by atoms with van der Waals surface area (Å²) in [6.07, 6.45) is 10.7. The first-order valence-electron chi connectivity index (χ1n) is 7.82. The molecule has 3 aliphatic rings. The van der Waals surface area contributed by atoms with E-state index in [0.717, 1.165) is 31.3 Å². The van der Waals surface area contributed by atoms with Crippen molar-refractivity contribution in [1.29, 1.82) is 0 Å². The van der Waals surface area contributed by atoms with E-state index >= 15 is 0 Å². The average Bonchev–Trinajstić information content (AvgIpc) is 3.07. The quantitative estimate of drug-likeness (QED) is 0.733. The first-order chi connectivity index (χ1) is 11.2. The van der Waals surface area contributed by atoms with E-state index < -0.39 is 18.0 Å². The molecular formula is C18H20O5. The lowest BCUT2D eigenvalue weighted by Gasteiger charge is -2.28. The summed E-state index contributed by atoms with van der Waals surface area (Å²) in [4.78, 5) is 24.9. The first-order valence-corrected chi connectivity index (χ1v) is 7.82. The Bertz CT molecular complexity index is 650. The highest BCUT2D eigenvalue weighted by Crippen LogP contribution is 2.40. The zero-order chi connectivity index (χ0) is 16.4. The number of fused-ring (bicyclic) bond motifs is 3. The SMILES string of the molecule is COC(=O)/C1=C(\C(=O)OC)[C@@H]2C=C/C(=C/C=C3/CCCC[C@@H]31)O2. The van der Waals surface area contributed by atoms with E-state index in [1.165, 1.54) is 14.2 Å². The Labute approximate surface area is 135 Å². The van der Waals surface area contributed by atoms with Gasteiger partial charge in [-0.25, -0.2) is 9.59 Å². The normalized spacial score (nSPS) is 33.7. The first kappa shape index (κ1) is 15.6. The number of hydrogen-bond donors (Lipinski definition) is 0. The van der Waals surface area contributed by atoms with Gasteiger partial charge in [0.05, 0.1) is 25.4 Å². The van der Waals surface area contributed by atoms with E-state index in [0.29, 0.717) is 11.3 Å². The zero-order valence-corrected chi connectivity index (χ0v) is 13.3. The van der Waals surface area contributed by atoms with Gasteiger partial charge in [-0.1, -0.05) is 18.1 Å². The lowest BCUT2D eigenvalue weighted by Crippen LogP contribution is -2.28. The lowest BCUT2D eigenvalue weighted by atomic mass is 9.77. The third kappa shape index (κ3) is 2.83. The Morgan fingerprint density at radius 2 is 1.83 bits per heavy atom. The molecular weight excluding hydrogens is 296 g/mol. The van der Waals surface area contributed by atoms with Crippen molar-refractivity contribution >= 4 is 11.9 Å². The molecule has 0 aromatic carbocycles. The standard InChI is InChI=1S/C18H20O5/c1-21-17(19)15-13-6-4-3-5-11(13)7-8-12-9-10-14(23-12)16(15)18(20)22-2/h7-10,13-14H,3-6H2,1-2H3/b11-7-,12-8-,16-15-/t13-,14-/m0/s1. The van der Waals surface area contributed by atoms with E-state index in [-0.39, 0.29) is 11.5 Å². The van der Waals surface area contributed by atoms with Gasteiger partial charge in [-0.3, -0.25) is 0 Å². The number of carbonyl (C=O) groups excluding carboxylic acids is 2. The second-order valence-electron chi connectivity index (χ2n) is 5.82. The third-order valence-electron chi connectivity index (χ3n) is 4.55. The van der Waals surface area contributed by atoms with E-state index in [4.69, 9.17) is 14.2 Å². The molecule has 2 atom stereocenters. The number of esters is 2. The Balaban J connectivity index is 2.22. The van der Waals surface area contributed by atoms with Crippen LogP contribution < -0.4 is 0 Å². The smallest absolute Gasteiger partial charge is 0.338 e. The van der Waals surface area contributed by atoms with Gasteiger partial charge in [0.15, 0.2) is 0 Å². The molecule has 0 unspecified atom stereocenters. The van der Waals surface area contributed by atoms with E-state index in [1.54, 1.807) is 6.08 Å². The molecule has 0 aromatic rings. The lowest BCUT2D eigenvalue weighted by molar-refractivity contribution is -0.140. The van der Waals surface area contributed by atoms with Crippen molar-refractivity contribution < 1.29 is 23.8 Å². The molecule has 2 heterocycles. The summed E-state index contributed by atoms with van der Waals surface area (Å²) in [7, 11) is 2.64. The fraction of sp³-hybridized carbons (Fsp3) is 0.444. The number of carbonyl (C=O) groups is 2. The fourth-order valence-electron chi connectivity index (χ4n) is 3.45. The van der Waals surface area contributed by atoms with Crippen LogP contribution in [0.15, 0.2) is 46.8 Å². The van der Waals surface area contributed by atoms with Crippen LogP contribution in [0.4, 0.5) is 0 Å². The van der Waals surface area contributed by atoms with Gasteiger partial charge in [0.25, 0.3) is 0 Å². The highest BCUT2D eigenvalue weighted by Gasteiger charge is 2.38. The Morgan fingerprint density at radius 3 is 2.57 bits per heavy atom. The van der Waals surface area contributed by atoms with Crippen molar-refractivity contribution in [2.24, 2.45) is 5.92 Å². The van der Waals surface area contributed by atoms with Crippen LogP contribution >= 0.6 is 0 Å². The van der Waals surface area contributed by atoms with Crippen LogP contribution in [0.2, 0.25) is 0 Å². The zero-order valence-electron chi connectivity index (χ0n) is 13.3. The predicted octanol–water partition coefficient (Wildman–Crippen LogP) is 2.60. The molecule has 5 nitrogen and oxygen atoms in total. The van der Waals surface area contributed by atoms with Crippen molar-refractivity contribution in [2.45, 2.75) is 31.8 Å². The molecule has 2 bridgehead atoms. The maximum atomic E-state index is 12.5. The van der Waals surface area contributed by atoms with Gasteiger partial charge in [0.1, 0.15) is 11.9 Å². The minimum Gasteiger partial charge on any atom is -0.481 e. The van der Waals surface area contributed by atoms with Gasteiger partial charge < -0.3 is 14.2 Å². The molecule has 2 aliphatic heterocycles. The molecule has 0 N–H and O–H groups in total. The van der Waals surface area contributed by atoms with Gasteiger partial charge in [-0.2, -0.15) is 0 Å². The van der Waals surface area contributed by atoms with Crippen LogP contribution in [0.1, 0.15) is 25.7 Å². The monoisotopic (exact) mass is 316 g/mol. The topological polar surface area (TPSA) is 61.8 Å². The van der Waals surface area contributed by atoms with Crippen LogP contribution in [0, 0.1) is 5.92 Å². The van der Waals surface area contributed by atoms with Crippen LogP contribution in [-0.2, 0) is 23.8 Å². The number of rotatable bonds is 2. The van der Waals surface area contributed by atoms with Gasteiger partial charge in [-0.05, 0) is 37.5 Å². The van der Waals surface area contributed by atoms with Crippen LogP contribution in [0.25, 0.3) is 0 Å². The molecule has 23 heavy (non-hydrogen) atoms. The Kier molecular flexibility index (Phi) is 4.37. The molecule has 0 spiro atoms. The van der Waals surface area contributed by atoms with Gasteiger partial charge >= 0.3 is 11.9 Å². The molecule has 0 saturated heterocycles. The fourth-order valence-corrected chi connectivity index (χ4v) is 3.45. The summed E-state index contributed by atoms with van der Waals surface area (Å²) in [6, 6.07) is 0. The number of hydrogen-bond acceptors (Lipinski definition) is 5. The molecule has 0 amide bonds. The largest absolute Gasteiger partial charge is 0.481 e. The highest BCUT2D eigenvalue weighted by molar-refractivity contribution is 6.02. The van der Waals surface area contributed by atoms with Crippen LogP contribution in [-0.4, -0.2) is 32.3 Å². The molecule has 1 saturated carbocycles. The molecule has 1 aliphatic carbocycles. The number of methoxy groups -OCH3 is 2. The number of allylic oxidation sites excluding steroid dienone is 4. The maximum Gasteiger partial charge on any atom is 0.338 e. The van der Waals surface area contributed by atoms with Gasteiger partial charge in [-0.15, -0.1) is 0 Å². The van der Waals surface area contributed by atoms with E-state index in [9.17, 15) is 9.59 Å². The molecule has 1 fully saturated rings. The third-order valence-corrected chi connectivity index (χ3v) is 4.55. The van der Waals surface area contributed by atoms with E-state index in [2.05, 4.69) is 0 Å². The highest BCUT2D eigenvalue weighted by atomic mass is 16.5. The number of ether oxygens (including phenoxy) is 3. The maximum absolute atomic E-state index is 12.5. The summed E-state index contributed by atoms with van der Waals surface area (Å²) in [5.41, 5.74) is 1.75. The molecule has 122 valence electrons. The minimum absolute atomic E-state index is 0.126. The van der Waals surface area contributed by atoms with E-state index in [1.807, 2.05) is 18.2 Å². The average molecular weight is 316 g/mol. The summed E-state index contributed by atoms with van der Waals surface area (Å²) < 4.78 is 15.7. The molecule has 0 radical (unpaired) electrons. The van der Waals surface area contributed by atoms with Gasteiger partial charge in [0, 0.05) is 5.92 Å². The molecule has 0 aromatic heterocycles. The second kappa shape index (κ2) is 6.44. The summed E-state index contributed by atoms with van der Waals surface area (Å²) in [5, 5.41) is 0. The van der Waals surface area contributed by atoms with Crippen molar-refractivity contribution in [3.8, 4) is 0 Å². The Morgan fingerprint density at radius 1 is 1.09 bits per heavy atom. The van der Waals surface area contributed by atoms with Crippen molar-refractivity contribution in [3.05, 3.63) is 46.8 Å². The van der Waals surface area contributed by atoms with Crippen LogP contribution in [0.3, 0.4) is 0 Å². The van der Waals surface area contributed by atoms with Crippen molar-refractivity contribution in [1.82, 2.24) is 0 Å². The molecule has 3 rings (SSSR count). The van der Waals surface area contributed by atoms with Crippen LogP contribution in [0.5, 0.6) is 0 Å². The summed E-state index contributed by atoms with van der Waals surface area (Å²) in [5.74, 6) is -0.485. The Hall–Kier alpha value is -2.30. The molecule has 5 heteroatoms. The van der Waals surface area contributed by atoms with Crippen molar-refractivity contribution in [2.75, 3.05) is 14.2 Å².